The molecule has 0 atom stereocenters. The van der Waals surface area contributed by atoms with Crippen LogP contribution in [0.1, 0.15) is 27.2 Å². The van der Waals surface area contributed by atoms with Crippen molar-refractivity contribution in [2.45, 2.75) is 20.0 Å². The topological polar surface area (TPSA) is 97.8 Å². The van der Waals surface area contributed by atoms with E-state index >= 15 is 0 Å². The molecule has 0 fully saturated rings. The van der Waals surface area contributed by atoms with E-state index in [1.165, 1.54) is 35.9 Å². The number of halogens is 5. The van der Waals surface area contributed by atoms with Gasteiger partial charge in [0, 0.05) is 54.1 Å². The van der Waals surface area contributed by atoms with Crippen LogP contribution in [0.15, 0.2) is 85.7 Å². The number of alkyl halides is 3. The molecule has 0 bridgehead atoms. The predicted octanol–water partition coefficient (Wildman–Crippen LogP) is 5.60. The Morgan fingerprint density at radius 2 is 1.86 bits per heavy atom. The lowest BCUT2D eigenvalue weighted by Gasteiger charge is -2.13. The van der Waals surface area contributed by atoms with Gasteiger partial charge < -0.3 is 15.4 Å². The Kier molecular flexibility index (Phi) is 8.06. The van der Waals surface area contributed by atoms with Gasteiger partial charge in [0.05, 0.1) is 11.3 Å². The highest BCUT2D eigenvalue weighted by atomic mass is 19.4. The summed E-state index contributed by atoms with van der Waals surface area (Å²) in [7, 11) is -3.14. The monoisotopic (exact) mass is 594 g/mol. The molecule has 0 aliphatic carbocycles. The molecule has 5 aromatic rings. The molecule has 0 saturated carbocycles. The molecular formula is C28H22BF5N7O2+. The third kappa shape index (κ3) is 6.94. The summed E-state index contributed by atoms with van der Waals surface area (Å²) in [5.41, 5.74) is 1.78. The Morgan fingerprint density at radius 1 is 1.05 bits per heavy atom. The molecule has 43 heavy (non-hydrogen) atoms. The van der Waals surface area contributed by atoms with Gasteiger partial charge in [-0.25, -0.2) is 18.6 Å². The third-order valence-electron chi connectivity index (χ3n) is 6.26. The van der Waals surface area contributed by atoms with E-state index < -0.39 is 25.1 Å². The van der Waals surface area contributed by atoms with Crippen LogP contribution >= 0.6 is 0 Å². The van der Waals surface area contributed by atoms with Crippen molar-refractivity contribution in [1.29, 1.82) is 0 Å². The van der Waals surface area contributed by atoms with E-state index in [2.05, 4.69) is 30.3 Å². The van der Waals surface area contributed by atoms with Gasteiger partial charge in [-0.1, -0.05) is 10.8 Å². The lowest BCUT2D eigenvalue weighted by Crippen LogP contribution is -2.30. The van der Waals surface area contributed by atoms with Crippen molar-refractivity contribution in [1.82, 2.24) is 19.7 Å². The lowest BCUT2D eigenvalue weighted by atomic mass is 10.1. The average molecular weight is 594 g/mol. The number of anilines is 3. The molecule has 0 unspecified atom stereocenters. The average Bonchev–Trinajstić information content (AvgIpc) is 3.33. The third-order valence-corrected chi connectivity index (χ3v) is 6.26. The maximum absolute atomic E-state index is 13.7. The number of imidazole rings is 1. The van der Waals surface area contributed by atoms with Crippen LogP contribution in [0.3, 0.4) is 0 Å². The Balaban J connectivity index is 1.41. The fourth-order valence-corrected chi connectivity index (χ4v) is 4.14. The molecule has 0 aliphatic heterocycles. The number of hydrogen-bond donors (Lipinski definition) is 2. The van der Waals surface area contributed by atoms with Gasteiger partial charge in [-0.3, -0.25) is 9.78 Å². The fourth-order valence-electron chi connectivity index (χ4n) is 4.14. The number of carbonyl (C=O) groups excluding carboxylic acids is 1. The van der Waals surface area contributed by atoms with Crippen LogP contribution in [0.4, 0.5) is 39.1 Å². The zero-order valence-corrected chi connectivity index (χ0v) is 22.6. The number of pyridine rings is 1. The van der Waals surface area contributed by atoms with Crippen molar-refractivity contribution in [3.05, 3.63) is 108 Å². The normalized spacial score (nSPS) is 11.2. The van der Waals surface area contributed by atoms with E-state index in [4.69, 9.17) is 0 Å². The van der Waals surface area contributed by atoms with Crippen LogP contribution in [-0.2, 0) is 6.18 Å². The number of aryl methyl sites for hydroxylation is 2. The first-order chi connectivity index (χ1) is 20.5. The van der Waals surface area contributed by atoms with Crippen molar-refractivity contribution in [2.24, 2.45) is 0 Å². The molecular weight excluding hydrogens is 572 g/mol. The number of amides is 1. The summed E-state index contributed by atoms with van der Waals surface area (Å²) in [4.78, 5) is 26.0. The molecule has 15 heteroatoms. The highest BCUT2D eigenvalue weighted by molar-refractivity contribution is 6.34. The van der Waals surface area contributed by atoms with Crippen LogP contribution in [0.2, 0.25) is 0 Å². The van der Waals surface area contributed by atoms with Crippen molar-refractivity contribution in [2.75, 3.05) is 10.6 Å². The van der Waals surface area contributed by atoms with Crippen LogP contribution in [0.25, 0.3) is 16.9 Å². The summed E-state index contributed by atoms with van der Waals surface area (Å²) in [5.74, 6) is -0.419. The minimum absolute atomic E-state index is 0.0400. The first-order valence-corrected chi connectivity index (χ1v) is 12.7. The number of carbonyl (C=O) groups is 1. The highest BCUT2D eigenvalue weighted by Gasteiger charge is 2.33. The van der Waals surface area contributed by atoms with Gasteiger partial charge in [0.25, 0.3) is 12.2 Å². The van der Waals surface area contributed by atoms with E-state index in [-0.39, 0.29) is 28.6 Å². The van der Waals surface area contributed by atoms with Crippen molar-refractivity contribution in [3.63, 3.8) is 0 Å². The zero-order chi connectivity index (χ0) is 30.7. The summed E-state index contributed by atoms with van der Waals surface area (Å²) in [6, 6.07) is 13.0. The molecule has 9 nitrogen and oxygen atoms in total. The molecule has 2 N–H and O–H groups in total. The quantitative estimate of drug-likeness (QED) is 0.138. The maximum atomic E-state index is 13.7. The van der Waals surface area contributed by atoms with Crippen LogP contribution < -0.4 is 20.0 Å². The Labute approximate surface area is 242 Å². The van der Waals surface area contributed by atoms with Crippen molar-refractivity contribution < 1.29 is 35.9 Å². The van der Waals surface area contributed by atoms with Crippen molar-refractivity contribution >= 4 is 30.7 Å². The molecule has 3 heterocycles. The van der Waals surface area contributed by atoms with Gasteiger partial charge in [-0.15, -0.1) is 0 Å². The van der Waals surface area contributed by atoms with Crippen LogP contribution in [-0.4, -0.2) is 33.1 Å². The molecule has 0 spiro atoms. The highest BCUT2D eigenvalue weighted by Crippen LogP contribution is 2.32. The van der Waals surface area contributed by atoms with E-state index in [1.54, 1.807) is 43.7 Å². The van der Waals surface area contributed by atoms with Gasteiger partial charge in [0.15, 0.2) is 5.69 Å². The summed E-state index contributed by atoms with van der Waals surface area (Å²) < 4.78 is 72.9. The number of nitrogens with zero attached hydrogens (tertiary/aromatic N) is 5. The van der Waals surface area contributed by atoms with Crippen LogP contribution in [0.5, 0.6) is 0 Å². The van der Waals surface area contributed by atoms with E-state index in [0.29, 0.717) is 11.4 Å². The Hall–Kier alpha value is -5.34. The molecule has 3 aromatic heterocycles. The number of rotatable bonds is 8. The molecule has 0 saturated heterocycles. The SMILES string of the molecule is Cc1ccc(C(=O)Nc2cc(-[n+]3cc(C)n(OB(F)F)c3)cc(C(F)(F)F)c2)cc1Nc1nccc(-c2cccnc2)n1. The molecule has 0 radical (unpaired) electrons. The van der Waals surface area contributed by atoms with Crippen molar-refractivity contribution in [3.8, 4) is 16.9 Å². The van der Waals surface area contributed by atoms with Gasteiger partial charge in [-0.05, 0) is 55.0 Å². The number of aromatic nitrogens is 5. The smallest absolute Gasteiger partial charge is 0.326 e. The van der Waals surface area contributed by atoms with E-state index in [9.17, 15) is 26.6 Å². The van der Waals surface area contributed by atoms with E-state index in [1.807, 2.05) is 6.07 Å². The summed E-state index contributed by atoms with van der Waals surface area (Å²) >= 11 is 0. The van der Waals surface area contributed by atoms with Gasteiger partial charge in [0.1, 0.15) is 11.9 Å². The molecule has 218 valence electrons. The van der Waals surface area contributed by atoms with Crippen LogP contribution in [0, 0.1) is 13.8 Å². The number of benzene rings is 2. The molecule has 1 amide bonds. The first kappa shape index (κ1) is 29.2. The first-order valence-electron chi connectivity index (χ1n) is 12.7. The van der Waals surface area contributed by atoms with Gasteiger partial charge in [-0.2, -0.15) is 17.7 Å². The lowest BCUT2D eigenvalue weighted by molar-refractivity contribution is -0.596. The van der Waals surface area contributed by atoms with E-state index in [0.717, 1.165) is 34.3 Å². The molecule has 2 aromatic carbocycles. The predicted molar refractivity (Wildman–Crippen MR) is 148 cm³/mol. The molecule has 0 aliphatic rings. The summed E-state index contributed by atoms with van der Waals surface area (Å²) in [6.07, 6.45) is 2.50. The maximum Gasteiger partial charge on any atom is 0.835 e. The second kappa shape index (κ2) is 11.9. The number of hydrogen-bond acceptors (Lipinski definition) is 6. The molecule has 5 rings (SSSR count). The number of nitrogens with one attached hydrogen (secondary N) is 2. The van der Waals surface area contributed by atoms with Gasteiger partial charge in [0.2, 0.25) is 5.95 Å². The largest absolute Gasteiger partial charge is 0.835 e. The second-order valence-corrected chi connectivity index (χ2v) is 9.37. The standard InChI is InChI=1S/C28H21BF5N7O2/c1-17-5-6-19(10-25(17)39-27-36-9-7-24(38-27)20-4-3-8-35-14-20)26(42)37-22-11-21(28(30,31)32)12-23(13-22)40-15-18(2)41(16-40)43-29(33)34/h3-16H,1-2H3,(H-,36,37,38,39,42)/p+1. The minimum Gasteiger partial charge on any atom is -0.326 e. The van der Waals surface area contributed by atoms with Gasteiger partial charge >= 0.3 is 13.6 Å². The minimum atomic E-state index is -4.75. The summed E-state index contributed by atoms with van der Waals surface area (Å²) in [5, 5.41) is 5.58. The Bertz CT molecular complexity index is 1780. The summed E-state index contributed by atoms with van der Waals surface area (Å²) in [6.45, 7) is 3.25. The zero-order valence-electron chi connectivity index (χ0n) is 22.6. The Morgan fingerprint density at radius 3 is 2.58 bits per heavy atom. The fraction of sp³-hybridized carbons (Fsp3) is 0.107. The second-order valence-electron chi connectivity index (χ2n) is 9.37.